The largest absolute Gasteiger partial charge is 0.352 e. The Morgan fingerprint density at radius 1 is 0.935 bits per heavy atom. The van der Waals surface area contributed by atoms with E-state index >= 15 is 0 Å². The molecule has 31 heavy (non-hydrogen) atoms. The molecule has 1 fully saturated rings. The Morgan fingerprint density at radius 3 is 2.61 bits per heavy atom. The zero-order valence-electron chi connectivity index (χ0n) is 17.1. The molecule has 0 amide bonds. The summed E-state index contributed by atoms with van der Waals surface area (Å²) >= 11 is 0. The molecule has 0 spiro atoms. The number of hydrogen-bond donors (Lipinski definition) is 2. The van der Waals surface area contributed by atoms with E-state index in [1.54, 1.807) is 12.4 Å². The van der Waals surface area contributed by atoms with Gasteiger partial charge in [0.15, 0.2) is 11.6 Å². The number of pyridine rings is 3. The Bertz CT molecular complexity index is 1360. The van der Waals surface area contributed by atoms with Crippen LogP contribution in [-0.4, -0.2) is 73.2 Å². The first-order chi connectivity index (χ1) is 15.3. The van der Waals surface area contributed by atoms with Gasteiger partial charge in [0.25, 0.3) is 0 Å². The number of nitrogens with zero attached hydrogens (tertiary/aromatic N) is 7. The smallest absolute Gasteiger partial charge is 0.159 e. The van der Waals surface area contributed by atoms with Crippen LogP contribution in [0.3, 0.4) is 0 Å². The van der Waals surface area contributed by atoms with Crippen molar-refractivity contribution in [2.75, 3.05) is 38.1 Å². The fraction of sp³-hybridized carbons (Fsp3) is 0.227. The van der Waals surface area contributed by atoms with E-state index in [4.69, 9.17) is 4.98 Å². The van der Waals surface area contributed by atoms with E-state index in [2.05, 4.69) is 47.0 Å². The van der Waals surface area contributed by atoms with Crippen molar-refractivity contribution in [3.05, 3.63) is 49.1 Å². The normalized spacial score (nSPS) is 15.2. The van der Waals surface area contributed by atoms with Crippen LogP contribution in [0.15, 0.2) is 49.1 Å². The molecule has 6 heterocycles. The highest BCUT2D eigenvalue weighted by atomic mass is 15.3. The molecular formula is C22H21N9. The van der Waals surface area contributed by atoms with Gasteiger partial charge in [-0.3, -0.25) is 15.1 Å². The summed E-state index contributed by atoms with van der Waals surface area (Å²) in [5.41, 5.74) is 5.35. The molecule has 0 aromatic carbocycles. The molecule has 1 aliphatic rings. The first-order valence-electron chi connectivity index (χ1n) is 10.3. The van der Waals surface area contributed by atoms with E-state index in [-0.39, 0.29) is 0 Å². The minimum absolute atomic E-state index is 0.719. The summed E-state index contributed by atoms with van der Waals surface area (Å²) in [6, 6.07) is 7.90. The highest BCUT2D eigenvalue weighted by molar-refractivity contribution is 5.96. The van der Waals surface area contributed by atoms with Crippen LogP contribution in [-0.2, 0) is 0 Å². The number of piperazine rings is 1. The topological polar surface area (TPSA) is 103 Å². The number of likely N-dealkylation sites (N-methyl/N-ethyl adjacent to an activating group) is 1. The Kier molecular flexibility index (Phi) is 4.13. The average Bonchev–Trinajstić information content (AvgIpc) is 3.43. The summed E-state index contributed by atoms with van der Waals surface area (Å²) < 4.78 is 0. The van der Waals surface area contributed by atoms with Crippen LogP contribution in [0.5, 0.6) is 0 Å². The molecule has 0 aliphatic carbocycles. The predicted octanol–water partition coefficient (Wildman–Crippen LogP) is 2.71. The summed E-state index contributed by atoms with van der Waals surface area (Å²) in [5.74, 6) is 1.64. The van der Waals surface area contributed by atoms with Crippen molar-refractivity contribution in [2.45, 2.75) is 0 Å². The number of imidazole rings is 1. The lowest BCUT2D eigenvalue weighted by molar-refractivity contribution is 0.312. The highest BCUT2D eigenvalue weighted by Gasteiger charge is 2.21. The summed E-state index contributed by atoms with van der Waals surface area (Å²) in [6.45, 7) is 3.92. The van der Waals surface area contributed by atoms with Gasteiger partial charge in [-0.25, -0.2) is 9.97 Å². The second-order valence-electron chi connectivity index (χ2n) is 7.83. The molecule has 154 valence electrons. The van der Waals surface area contributed by atoms with Crippen LogP contribution in [0.2, 0.25) is 0 Å². The average molecular weight is 411 g/mol. The van der Waals surface area contributed by atoms with Gasteiger partial charge >= 0.3 is 0 Å². The Balaban J connectivity index is 1.44. The third-order valence-electron chi connectivity index (χ3n) is 5.83. The molecule has 1 aliphatic heterocycles. The standard InChI is InChI=1S/C22H21N9/c1-30-8-10-31(11-9-30)22-20-16(4-7-24-22)26-21(27-20)19-15-12-17(14-2-5-23-6-3-14)25-13-18(15)28-29-19/h2-7,12-13H,8-11H2,1H3,(H,26,27)(H,28,29). The van der Waals surface area contributed by atoms with Crippen LogP contribution >= 0.6 is 0 Å². The molecule has 5 aromatic rings. The zero-order valence-corrected chi connectivity index (χ0v) is 17.1. The fourth-order valence-electron chi connectivity index (χ4n) is 4.06. The van der Waals surface area contributed by atoms with E-state index in [1.165, 1.54) is 0 Å². The lowest BCUT2D eigenvalue weighted by atomic mass is 10.1. The number of anilines is 1. The number of nitrogens with one attached hydrogen (secondary N) is 2. The minimum Gasteiger partial charge on any atom is -0.352 e. The lowest BCUT2D eigenvalue weighted by Gasteiger charge is -2.33. The quantitative estimate of drug-likeness (QED) is 0.471. The van der Waals surface area contributed by atoms with Crippen LogP contribution < -0.4 is 4.90 Å². The summed E-state index contributed by atoms with van der Waals surface area (Å²) in [4.78, 5) is 26.3. The third-order valence-corrected chi connectivity index (χ3v) is 5.83. The van der Waals surface area contributed by atoms with Crippen molar-refractivity contribution < 1.29 is 0 Å². The van der Waals surface area contributed by atoms with Gasteiger partial charge in [-0.15, -0.1) is 0 Å². The van der Waals surface area contributed by atoms with Gasteiger partial charge in [-0.2, -0.15) is 5.10 Å². The van der Waals surface area contributed by atoms with Gasteiger partial charge in [-0.1, -0.05) is 0 Å². The van der Waals surface area contributed by atoms with E-state index in [0.29, 0.717) is 0 Å². The second-order valence-corrected chi connectivity index (χ2v) is 7.83. The molecule has 9 nitrogen and oxygen atoms in total. The van der Waals surface area contributed by atoms with Crippen molar-refractivity contribution in [2.24, 2.45) is 0 Å². The Morgan fingerprint density at radius 2 is 1.77 bits per heavy atom. The predicted molar refractivity (Wildman–Crippen MR) is 120 cm³/mol. The van der Waals surface area contributed by atoms with Gasteiger partial charge in [0.2, 0.25) is 0 Å². The summed E-state index contributed by atoms with van der Waals surface area (Å²) in [7, 11) is 2.15. The summed E-state index contributed by atoms with van der Waals surface area (Å²) in [5, 5.41) is 8.58. The number of aromatic nitrogens is 7. The zero-order chi connectivity index (χ0) is 20.8. The Hall–Kier alpha value is -3.85. The van der Waals surface area contributed by atoms with E-state index in [1.807, 2.05) is 36.7 Å². The molecule has 0 unspecified atom stereocenters. The Labute approximate surface area is 178 Å². The fourth-order valence-corrected chi connectivity index (χ4v) is 4.06. The van der Waals surface area contributed by atoms with Crippen LogP contribution in [0.1, 0.15) is 0 Å². The molecule has 0 radical (unpaired) electrons. The van der Waals surface area contributed by atoms with Gasteiger partial charge in [0.05, 0.1) is 22.9 Å². The van der Waals surface area contributed by atoms with Crippen molar-refractivity contribution >= 4 is 27.8 Å². The van der Waals surface area contributed by atoms with Gasteiger partial charge in [0, 0.05) is 55.7 Å². The second kappa shape index (κ2) is 7.13. The van der Waals surface area contributed by atoms with Crippen LogP contribution in [0, 0.1) is 0 Å². The van der Waals surface area contributed by atoms with Crippen molar-refractivity contribution in [1.29, 1.82) is 0 Å². The van der Waals surface area contributed by atoms with Gasteiger partial charge in [0.1, 0.15) is 11.2 Å². The molecular weight excluding hydrogens is 390 g/mol. The summed E-state index contributed by atoms with van der Waals surface area (Å²) in [6.07, 6.45) is 7.18. The molecule has 2 N–H and O–H groups in total. The van der Waals surface area contributed by atoms with E-state index < -0.39 is 0 Å². The van der Waals surface area contributed by atoms with Crippen molar-refractivity contribution in [1.82, 2.24) is 40.0 Å². The lowest BCUT2D eigenvalue weighted by Crippen LogP contribution is -2.44. The number of aromatic amines is 2. The van der Waals surface area contributed by atoms with E-state index in [9.17, 15) is 0 Å². The molecule has 1 saturated heterocycles. The first kappa shape index (κ1) is 18.0. The molecule has 0 atom stereocenters. The van der Waals surface area contributed by atoms with Crippen LogP contribution in [0.4, 0.5) is 5.82 Å². The maximum absolute atomic E-state index is 4.92. The molecule has 5 aromatic heterocycles. The number of fused-ring (bicyclic) bond motifs is 2. The molecule has 9 heteroatoms. The van der Waals surface area contributed by atoms with Gasteiger partial charge in [-0.05, 0) is 31.3 Å². The molecule has 6 rings (SSSR count). The third kappa shape index (κ3) is 3.10. The maximum Gasteiger partial charge on any atom is 0.159 e. The highest BCUT2D eigenvalue weighted by Crippen LogP contribution is 2.31. The van der Waals surface area contributed by atoms with Crippen molar-refractivity contribution in [3.8, 4) is 22.8 Å². The molecule has 0 bridgehead atoms. The van der Waals surface area contributed by atoms with E-state index in [0.717, 1.165) is 76.7 Å². The first-order valence-corrected chi connectivity index (χ1v) is 10.3. The maximum atomic E-state index is 4.92. The number of H-pyrrole nitrogens is 2. The molecule has 0 saturated carbocycles. The van der Waals surface area contributed by atoms with Crippen molar-refractivity contribution in [3.63, 3.8) is 0 Å². The number of rotatable bonds is 3. The minimum atomic E-state index is 0.719. The SMILES string of the molecule is CN1CCN(c2nccc3[nH]c(-c4n[nH]c5cnc(-c6ccncc6)cc45)nc23)CC1. The number of hydrogen-bond acceptors (Lipinski definition) is 7. The van der Waals surface area contributed by atoms with Gasteiger partial charge < -0.3 is 14.8 Å². The van der Waals surface area contributed by atoms with Crippen LogP contribution in [0.25, 0.3) is 44.7 Å². The monoisotopic (exact) mass is 411 g/mol.